The minimum atomic E-state index is -0.934. The molecule has 0 aromatic heterocycles. The molecular weight excluding hydrogens is 204 g/mol. The molecule has 0 aliphatic carbocycles. The minimum absolute atomic E-state index is 0.648. The SMILES string of the molecule is CC.Cc1cc(Cl)cc(S(C)=O)c1. The molecule has 74 valence electrons. The first-order valence-electron chi connectivity index (χ1n) is 4.20. The van der Waals surface area contributed by atoms with Crippen LogP contribution in [0.5, 0.6) is 0 Å². The van der Waals surface area contributed by atoms with Crippen LogP contribution in [-0.4, -0.2) is 10.5 Å². The van der Waals surface area contributed by atoms with Crippen LogP contribution in [0.25, 0.3) is 0 Å². The fourth-order valence-corrected chi connectivity index (χ4v) is 1.87. The maximum absolute atomic E-state index is 11.0. The van der Waals surface area contributed by atoms with E-state index in [-0.39, 0.29) is 0 Å². The monoisotopic (exact) mass is 218 g/mol. The van der Waals surface area contributed by atoms with Crippen molar-refractivity contribution in [2.24, 2.45) is 0 Å². The number of hydrogen-bond acceptors (Lipinski definition) is 1. The molecule has 0 aliphatic heterocycles. The molecule has 1 unspecified atom stereocenters. The van der Waals surface area contributed by atoms with Crippen molar-refractivity contribution in [2.45, 2.75) is 25.7 Å². The summed E-state index contributed by atoms with van der Waals surface area (Å²) in [6.07, 6.45) is 1.64. The van der Waals surface area contributed by atoms with Crippen LogP contribution < -0.4 is 0 Å². The van der Waals surface area contributed by atoms with E-state index >= 15 is 0 Å². The van der Waals surface area contributed by atoms with Gasteiger partial charge in [-0.1, -0.05) is 25.4 Å². The fourth-order valence-electron chi connectivity index (χ4n) is 0.869. The topological polar surface area (TPSA) is 17.1 Å². The van der Waals surface area contributed by atoms with Gasteiger partial charge in [-0.2, -0.15) is 0 Å². The summed E-state index contributed by atoms with van der Waals surface area (Å²) in [6, 6.07) is 5.45. The van der Waals surface area contributed by atoms with E-state index in [4.69, 9.17) is 11.6 Å². The largest absolute Gasteiger partial charge is 0.255 e. The van der Waals surface area contributed by atoms with E-state index in [9.17, 15) is 4.21 Å². The zero-order valence-electron chi connectivity index (χ0n) is 8.43. The van der Waals surface area contributed by atoms with E-state index in [1.807, 2.05) is 32.9 Å². The second kappa shape index (κ2) is 6.17. The van der Waals surface area contributed by atoms with Gasteiger partial charge in [-0.15, -0.1) is 0 Å². The number of aryl methyl sites for hydroxylation is 1. The van der Waals surface area contributed by atoms with Crippen LogP contribution in [0.4, 0.5) is 0 Å². The van der Waals surface area contributed by atoms with Crippen molar-refractivity contribution in [3.63, 3.8) is 0 Å². The first kappa shape index (κ1) is 12.7. The molecule has 3 heteroatoms. The Labute approximate surface area is 87.6 Å². The van der Waals surface area contributed by atoms with Crippen LogP contribution >= 0.6 is 11.6 Å². The average Bonchev–Trinajstić information content (AvgIpc) is 2.06. The first-order valence-corrected chi connectivity index (χ1v) is 6.14. The van der Waals surface area contributed by atoms with Gasteiger partial charge in [0.15, 0.2) is 0 Å². The van der Waals surface area contributed by atoms with Crippen LogP contribution in [0.2, 0.25) is 5.02 Å². The van der Waals surface area contributed by atoms with Crippen LogP contribution in [0.3, 0.4) is 0 Å². The van der Waals surface area contributed by atoms with Gasteiger partial charge in [-0.25, -0.2) is 0 Å². The second-order valence-electron chi connectivity index (χ2n) is 2.42. The molecule has 0 saturated heterocycles. The normalized spacial score (nSPS) is 11.5. The zero-order valence-corrected chi connectivity index (χ0v) is 10.00. The molecule has 1 atom stereocenters. The Morgan fingerprint density at radius 2 is 1.77 bits per heavy atom. The van der Waals surface area contributed by atoms with Gasteiger partial charge in [0.05, 0.1) is 0 Å². The molecule has 0 bridgehead atoms. The lowest BCUT2D eigenvalue weighted by atomic mass is 10.2. The summed E-state index contributed by atoms with van der Waals surface area (Å²) < 4.78 is 11.0. The van der Waals surface area contributed by atoms with Gasteiger partial charge in [-0.05, 0) is 30.7 Å². The molecule has 1 aromatic rings. The Kier molecular flexibility index (Phi) is 6.00. The Hall–Kier alpha value is -0.340. The van der Waals surface area contributed by atoms with Gasteiger partial charge in [0, 0.05) is 27.0 Å². The predicted molar refractivity (Wildman–Crippen MR) is 59.9 cm³/mol. The molecule has 1 nitrogen and oxygen atoms in total. The fraction of sp³-hybridized carbons (Fsp3) is 0.400. The molecule has 1 aromatic carbocycles. The molecule has 0 N–H and O–H groups in total. The smallest absolute Gasteiger partial charge is 0.0498 e. The lowest BCUT2D eigenvalue weighted by Gasteiger charge is -1.98. The van der Waals surface area contributed by atoms with Crippen molar-refractivity contribution in [2.75, 3.05) is 6.26 Å². The van der Waals surface area contributed by atoms with Crippen molar-refractivity contribution in [1.29, 1.82) is 0 Å². The lowest BCUT2D eigenvalue weighted by Crippen LogP contribution is -1.87. The molecule has 0 fully saturated rings. The molecule has 13 heavy (non-hydrogen) atoms. The zero-order chi connectivity index (χ0) is 10.4. The summed E-state index contributed by atoms with van der Waals surface area (Å²) >= 11 is 5.76. The second-order valence-corrected chi connectivity index (χ2v) is 4.23. The lowest BCUT2D eigenvalue weighted by molar-refractivity contribution is 0.686. The number of halogens is 1. The molecule has 0 radical (unpaired) electrons. The highest BCUT2D eigenvalue weighted by Gasteiger charge is 1.98. The van der Waals surface area contributed by atoms with E-state index in [2.05, 4.69) is 0 Å². The highest BCUT2D eigenvalue weighted by molar-refractivity contribution is 7.84. The first-order chi connectivity index (χ1) is 6.09. The summed E-state index contributed by atoms with van der Waals surface area (Å²) in [7, 11) is -0.934. The third-order valence-corrected chi connectivity index (χ3v) is 2.47. The van der Waals surface area contributed by atoms with E-state index in [1.165, 1.54) is 0 Å². The van der Waals surface area contributed by atoms with Gasteiger partial charge < -0.3 is 0 Å². The molecule has 1 rings (SSSR count). The maximum atomic E-state index is 11.0. The molecule has 0 heterocycles. The highest BCUT2D eigenvalue weighted by atomic mass is 35.5. The van der Waals surface area contributed by atoms with Gasteiger partial charge >= 0.3 is 0 Å². The standard InChI is InChI=1S/C8H9ClOS.C2H6/c1-6-3-7(9)5-8(4-6)11(2)10;1-2/h3-5H,1-2H3;1-2H3. The third kappa shape index (κ3) is 4.44. The number of rotatable bonds is 1. The van der Waals surface area contributed by atoms with E-state index in [1.54, 1.807) is 12.3 Å². The number of benzene rings is 1. The summed E-state index contributed by atoms with van der Waals surface area (Å²) in [6.45, 7) is 5.93. The summed E-state index contributed by atoms with van der Waals surface area (Å²) in [5, 5.41) is 0.648. The average molecular weight is 219 g/mol. The number of hydrogen-bond donors (Lipinski definition) is 0. The summed E-state index contributed by atoms with van der Waals surface area (Å²) in [5.74, 6) is 0. The van der Waals surface area contributed by atoms with E-state index in [0.717, 1.165) is 10.5 Å². The van der Waals surface area contributed by atoms with Crippen molar-refractivity contribution in [3.05, 3.63) is 28.8 Å². The van der Waals surface area contributed by atoms with Crippen LogP contribution in [0.1, 0.15) is 19.4 Å². The minimum Gasteiger partial charge on any atom is -0.255 e. The van der Waals surface area contributed by atoms with Crippen molar-refractivity contribution < 1.29 is 4.21 Å². The Morgan fingerprint density at radius 1 is 1.23 bits per heavy atom. The Morgan fingerprint density at radius 3 is 2.15 bits per heavy atom. The predicted octanol–water partition coefficient (Wildman–Crippen LogP) is 3.41. The third-order valence-electron chi connectivity index (χ3n) is 1.35. The molecule has 0 spiro atoms. The van der Waals surface area contributed by atoms with Crippen LogP contribution in [0.15, 0.2) is 23.1 Å². The summed E-state index contributed by atoms with van der Waals surface area (Å²) in [4.78, 5) is 0.787. The van der Waals surface area contributed by atoms with Crippen molar-refractivity contribution in [3.8, 4) is 0 Å². The highest BCUT2D eigenvalue weighted by Crippen LogP contribution is 2.16. The van der Waals surface area contributed by atoms with Crippen molar-refractivity contribution >= 4 is 22.4 Å². The summed E-state index contributed by atoms with van der Waals surface area (Å²) in [5.41, 5.74) is 1.04. The van der Waals surface area contributed by atoms with E-state index in [0.29, 0.717) is 5.02 Å². The van der Waals surface area contributed by atoms with Crippen molar-refractivity contribution in [1.82, 2.24) is 0 Å². The Balaban J connectivity index is 0.000000671. The van der Waals surface area contributed by atoms with Crippen LogP contribution in [-0.2, 0) is 10.8 Å². The quantitative estimate of drug-likeness (QED) is 0.706. The van der Waals surface area contributed by atoms with E-state index < -0.39 is 10.8 Å². The van der Waals surface area contributed by atoms with Gasteiger partial charge in [0.25, 0.3) is 0 Å². The van der Waals surface area contributed by atoms with Gasteiger partial charge in [0.2, 0.25) is 0 Å². The molecule has 0 saturated carbocycles. The molecule has 0 amide bonds. The molecular formula is C10H15ClOS. The molecule has 0 aliphatic rings. The van der Waals surface area contributed by atoms with Gasteiger partial charge in [-0.3, -0.25) is 4.21 Å². The Bertz CT molecular complexity index is 277. The van der Waals surface area contributed by atoms with Crippen LogP contribution in [0, 0.1) is 6.92 Å². The van der Waals surface area contributed by atoms with Gasteiger partial charge in [0.1, 0.15) is 0 Å². The maximum Gasteiger partial charge on any atom is 0.0498 e.